The molecule has 2 N–H and O–H groups in total. The fourth-order valence-corrected chi connectivity index (χ4v) is 2.18. The topological polar surface area (TPSA) is 85.9 Å². The number of rotatable bonds is 7. The Balaban J connectivity index is 2.03. The van der Waals surface area contributed by atoms with E-state index in [9.17, 15) is 9.59 Å². The van der Waals surface area contributed by atoms with Crippen molar-refractivity contribution >= 4 is 23.2 Å². The maximum atomic E-state index is 12.1. The average Bonchev–Trinajstić information content (AvgIpc) is 2.64. The minimum absolute atomic E-state index is 0.437. The highest BCUT2D eigenvalue weighted by Gasteiger charge is 2.15. The molecule has 7 heteroatoms. The first-order chi connectivity index (χ1) is 12.6. The third-order valence-electron chi connectivity index (χ3n) is 3.36. The normalized spacial score (nSPS) is 9.96. The summed E-state index contributed by atoms with van der Waals surface area (Å²) in [6.45, 7) is 4.67. The minimum atomic E-state index is -0.785. The van der Waals surface area contributed by atoms with Gasteiger partial charge in [-0.15, -0.1) is 0 Å². The van der Waals surface area contributed by atoms with Gasteiger partial charge in [0.2, 0.25) is 0 Å². The first kappa shape index (κ1) is 19.1. The van der Waals surface area contributed by atoms with E-state index in [2.05, 4.69) is 10.6 Å². The van der Waals surface area contributed by atoms with Crippen LogP contribution in [0.5, 0.6) is 17.2 Å². The molecule has 0 spiro atoms. The lowest BCUT2D eigenvalue weighted by atomic mass is 10.2. The van der Waals surface area contributed by atoms with Crippen LogP contribution in [0.1, 0.15) is 13.8 Å². The minimum Gasteiger partial charge on any atom is -0.497 e. The molecule has 0 atom stereocenters. The fourth-order valence-electron chi connectivity index (χ4n) is 2.18. The number of carbonyl (C=O) groups excluding carboxylic acids is 2. The van der Waals surface area contributed by atoms with Gasteiger partial charge in [0.1, 0.15) is 5.75 Å². The highest BCUT2D eigenvalue weighted by Crippen LogP contribution is 2.30. The van der Waals surface area contributed by atoms with E-state index in [1.165, 1.54) is 0 Å². The molecule has 2 aromatic rings. The van der Waals surface area contributed by atoms with E-state index in [4.69, 9.17) is 14.2 Å². The predicted molar refractivity (Wildman–Crippen MR) is 99.0 cm³/mol. The largest absolute Gasteiger partial charge is 0.497 e. The van der Waals surface area contributed by atoms with Crippen LogP contribution in [0.4, 0.5) is 11.4 Å². The van der Waals surface area contributed by atoms with Crippen LogP contribution in [-0.4, -0.2) is 32.1 Å². The molecule has 0 radical (unpaired) electrons. The predicted octanol–water partition coefficient (Wildman–Crippen LogP) is 3.07. The lowest BCUT2D eigenvalue weighted by Crippen LogP contribution is -2.29. The van der Waals surface area contributed by atoms with Gasteiger partial charge in [0.05, 0.1) is 20.3 Å². The lowest BCUT2D eigenvalue weighted by molar-refractivity contribution is -0.132. The molecule has 2 amide bonds. The van der Waals surface area contributed by atoms with Gasteiger partial charge in [0.25, 0.3) is 0 Å². The van der Waals surface area contributed by atoms with Crippen molar-refractivity contribution in [1.82, 2.24) is 0 Å². The fraction of sp³-hybridized carbons (Fsp3) is 0.263. The molecule has 2 aromatic carbocycles. The Hall–Kier alpha value is -3.22. The number of benzene rings is 2. The summed E-state index contributed by atoms with van der Waals surface area (Å²) in [4.78, 5) is 24.1. The molecule has 7 nitrogen and oxygen atoms in total. The van der Waals surface area contributed by atoms with Crippen molar-refractivity contribution in [1.29, 1.82) is 0 Å². The van der Waals surface area contributed by atoms with Crippen LogP contribution in [0.2, 0.25) is 0 Å². The molecule has 0 aromatic heterocycles. The van der Waals surface area contributed by atoms with Gasteiger partial charge < -0.3 is 24.8 Å². The second kappa shape index (κ2) is 9.31. The van der Waals surface area contributed by atoms with Gasteiger partial charge in [-0.25, -0.2) is 0 Å². The van der Waals surface area contributed by atoms with Crippen LogP contribution >= 0.6 is 0 Å². The highest BCUT2D eigenvalue weighted by atomic mass is 16.5. The molecule has 0 bridgehead atoms. The highest BCUT2D eigenvalue weighted by molar-refractivity contribution is 6.43. The van der Waals surface area contributed by atoms with Gasteiger partial charge in [-0.2, -0.15) is 0 Å². The monoisotopic (exact) mass is 358 g/mol. The van der Waals surface area contributed by atoms with E-state index in [1.807, 2.05) is 13.8 Å². The van der Waals surface area contributed by atoms with Gasteiger partial charge >= 0.3 is 11.8 Å². The third kappa shape index (κ3) is 5.14. The summed E-state index contributed by atoms with van der Waals surface area (Å²) in [6.07, 6.45) is 0. The first-order valence-electron chi connectivity index (χ1n) is 8.23. The van der Waals surface area contributed by atoms with E-state index in [1.54, 1.807) is 49.6 Å². The second-order valence-corrected chi connectivity index (χ2v) is 5.16. The van der Waals surface area contributed by atoms with E-state index >= 15 is 0 Å². The molecular weight excluding hydrogens is 336 g/mol. The number of nitrogens with one attached hydrogen (secondary N) is 2. The standard InChI is InChI=1S/C19H22N2O5/c1-4-25-16-11-8-14(12-17(16)26-5-2)21-19(23)18(22)20-13-6-9-15(24-3)10-7-13/h6-12H,4-5H2,1-3H3,(H,20,22)(H,21,23). The number of anilines is 2. The Morgan fingerprint density at radius 1 is 0.808 bits per heavy atom. The van der Waals surface area contributed by atoms with Crippen molar-refractivity contribution in [3.63, 3.8) is 0 Å². The molecule has 0 saturated heterocycles. The van der Waals surface area contributed by atoms with E-state index in [0.717, 1.165) is 0 Å². The molecule has 0 heterocycles. The van der Waals surface area contributed by atoms with Crippen LogP contribution in [0, 0.1) is 0 Å². The van der Waals surface area contributed by atoms with E-state index < -0.39 is 11.8 Å². The smallest absolute Gasteiger partial charge is 0.314 e. The molecule has 138 valence electrons. The van der Waals surface area contributed by atoms with Crippen molar-refractivity contribution in [2.75, 3.05) is 31.0 Å². The van der Waals surface area contributed by atoms with Crippen LogP contribution in [0.3, 0.4) is 0 Å². The Morgan fingerprint density at radius 3 is 1.92 bits per heavy atom. The Bertz CT molecular complexity index is 759. The number of amides is 2. The number of hydrogen-bond donors (Lipinski definition) is 2. The zero-order valence-corrected chi connectivity index (χ0v) is 15.0. The second-order valence-electron chi connectivity index (χ2n) is 5.16. The molecule has 0 aliphatic heterocycles. The Kier molecular flexibility index (Phi) is 6.84. The Morgan fingerprint density at radius 2 is 1.35 bits per heavy atom. The summed E-state index contributed by atoms with van der Waals surface area (Å²) in [5.74, 6) is 0.178. The maximum Gasteiger partial charge on any atom is 0.314 e. The molecular formula is C19H22N2O5. The maximum absolute atomic E-state index is 12.1. The molecule has 0 fully saturated rings. The van der Waals surface area contributed by atoms with Crippen molar-refractivity contribution in [3.8, 4) is 17.2 Å². The van der Waals surface area contributed by atoms with Crippen LogP contribution < -0.4 is 24.8 Å². The van der Waals surface area contributed by atoms with Crippen molar-refractivity contribution in [2.24, 2.45) is 0 Å². The Labute approximate surface area is 152 Å². The van der Waals surface area contributed by atoms with Crippen LogP contribution in [0.15, 0.2) is 42.5 Å². The third-order valence-corrected chi connectivity index (χ3v) is 3.36. The lowest BCUT2D eigenvalue weighted by Gasteiger charge is -2.13. The van der Waals surface area contributed by atoms with Gasteiger partial charge in [-0.3, -0.25) is 9.59 Å². The first-order valence-corrected chi connectivity index (χ1v) is 8.23. The zero-order chi connectivity index (χ0) is 18.9. The summed E-state index contributed by atoms with van der Waals surface area (Å²) >= 11 is 0. The molecule has 0 aliphatic carbocycles. The molecule has 0 aliphatic rings. The van der Waals surface area contributed by atoms with Crippen molar-refractivity contribution in [2.45, 2.75) is 13.8 Å². The van der Waals surface area contributed by atoms with Crippen LogP contribution in [0.25, 0.3) is 0 Å². The molecule has 0 unspecified atom stereocenters. The summed E-state index contributed by atoms with van der Waals surface area (Å²) in [5, 5.41) is 5.06. The summed E-state index contributed by atoms with van der Waals surface area (Å²) in [7, 11) is 1.55. The van der Waals surface area contributed by atoms with Crippen molar-refractivity contribution in [3.05, 3.63) is 42.5 Å². The van der Waals surface area contributed by atoms with Gasteiger partial charge in [-0.05, 0) is 50.2 Å². The average molecular weight is 358 g/mol. The molecule has 0 saturated carbocycles. The molecule has 26 heavy (non-hydrogen) atoms. The van der Waals surface area contributed by atoms with Gasteiger partial charge in [-0.1, -0.05) is 0 Å². The molecule has 2 rings (SSSR count). The van der Waals surface area contributed by atoms with E-state index in [0.29, 0.717) is 41.8 Å². The number of ether oxygens (including phenoxy) is 3. The van der Waals surface area contributed by atoms with Crippen LogP contribution in [-0.2, 0) is 9.59 Å². The summed E-state index contributed by atoms with van der Waals surface area (Å²) in [6, 6.07) is 11.6. The zero-order valence-electron chi connectivity index (χ0n) is 15.0. The number of methoxy groups -OCH3 is 1. The van der Waals surface area contributed by atoms with Gasteiger partial charge in [0.15, 0.2) is 11.5 Å². The van der Waals surface area contributed by atoms with Crippen molar-refractivity contribution < 1.29 is 23.8 Å². The number of hydrogen-bond acceptors (Lipinski definition) is 5. The summed E-state index contributed by atoms with van der Waals surface area (Å²) in [5.41, 5.74) is 0.930. The quantitative estimate of drug-likeness (QED) is 0.743. The SMILES string of the molecule is CCOc1ccc(NC(=O)C(=O)Nc2ccc(OC)cc2)cc1OCC. The van der Waals surface area contributed by atoms with E-state index in [-0.39, 0.29) is 0 Å². The van der Waals surface area contributed by atoms with Gasteiger partial charge in [0, 0.05) is 17.4 Å². The number of carbonyl (C=O) groups is 2. The summed E-state index contributed by atoms with van der Waals surface area (Å²) < 4.78 is 16.0.